The van der Waals surface area contributed by atoms with E-state index in [1.807, 2.05) is 18.2 Å². The van der Waals surface area contributed by atoms with Crippen LogP contribution < -0.4 is 4.74 Å². The molecular weight excluding hydrogens is 550 g/mol. The highest BCUT2D eigenvalue weighted by molar-refractivity contribution is 5.91. The van der Waals surface area contributed by atoms with E-state index < -0.39 is 6.10 Å². The third-order valence-electron chi connectivity index (χ3n) is 14.6. The van der Waals surface area contributed by atoms with Crippen molar-refractivity contribution in [1.29, 1.82) is 0 Å². The first-order valence-electron chi connectivity index (χ1n) is 17.3. The molecule has 11 atom stereocenters. The van der Waals surface area contributed by atoms with Crippen LogP contribution in [0.15, 0.2) is 35.9 Å². The van der Waals surface area contributed by atoms with E-state index in [0.717, 1.165) is 62.8 Å². The summed E-state index contributed by atoms with van der Waals surface area (Å²) in [5, 5.41) is 20.6. The first kappa shape index (κ1) is 29.0. The number of nitrogens with zero attached hydrogens (tertiary/aromatic N) is 1. The molecule has 9 rings (SSSR count). The number of phenols is 1. The molecular formula is C38H49NO5. The minimum atomic E-state index is -0.594. The van der Waals surface area contributed by atoms with Crippen molar-refractivity contribution in [3.05, 3.63) is 47.1 Å². The number of piperidine rings is 1. The summed E-state index contributed by atoms with van der Waals surface area (Å²) in [6.07, 6.45) is 16.1. The van der Waals surface area contributed by atoms with Crippen LogP contribution in [0.5, 0.6) is 11.5 Å². The Labute approximate surface area is 261 Å². The number of hydrogen-bond donors (Lipinski definition) is 2. The van der Waals surface area contributed by atoms with Gasteiger partial charge in [0.2, 0.25) is 0 Å². The van der Waals surface area contributed by atoms with E-state index in [2.05, 4.69) is 31.9 Å². The zero-order valence-corrected chi connectivity index (χ0v) is 26.9. The van der Waals surface area contributed by atoms with Crippen molar-refractivity contribution in [2.24, 2.45) is 40.4 Å². The van der Waals surface area contributed by atoms with Gasteiger partial charge in [-0.2, -0.15) is 0 Å². The Kier molecular flexibility index (Phi) is 6.45. The van der Waals surface area contributed by atoms with Gasteiger partial charge in [0.1, 0.15) is 18.0 Å². The zero-order valence-electron chi connectivity index (χ0n) is 26.9. The number of likely N-dealkylation sites (tertiary alicyclic amines) is 1. The fraction of sp³-hybridized carbons (Fsp3) is 0.684. The van der Waals surface area contributed by atoms with Crippen molar-refractivity contribution >= 4 is 11.6 Å². The van der Waals surface area contributed by atoms with Crippen molar-refractivity contribution in [3.63, 3.8) is 0 Å². The Morgan fingerprint density at radius 3 is 2.64 bits per heavy atom. The van der Waals surface area contributed by atoms with Crippen LogP contribution in [0.3, 0.4) is 0 Å². The largest absolute Gasteiger partial charge is 0.504 e. The van der Waals surface area contributed by atoms with E-state index in [-0.39, 0.29) is 28.1 Å². The number of rotatable bonds is 1. The number of benzene rings is 1. The normalized spacial score (nSPS) is 45.9. The number of allylic oxidation sites excluding steroid dienone is 1. The molecule has 6 heteroatoms. The standard InChI is InChI=1S/C21H30O2.C17H19NO3/c1-13(22)17-6-7-18-16-5-4-14-12-15(23)8-10-20(14,2)19(16)9-11-21(17,18)3;1-18-7-6-17-10-3-5-13(20)16(17)21-15-12(19)4-2-9(14(15)17)8-11(10)18/h12,16-19H,4-11H2,1-3H3;2-5,10-11,13,16,19-20H,6-8H2,1H3/t16-,17+,18-,19-,20-,21+;10-,11+,13-,16-,17-/m00/s1. The Bertz CT molecular complexity index is 1480. The van der Waals surface area contributed by atoms with Crippen LogP contribution in [-0.4, -0.2) is 58.5 Å². The lowest BCUT2D eigenvalue weighted by Crippen LogP contribution is -2.64. The molecule has 2 N–H and O–H groups in total. The number of aliphatic hydroxyl groups is 1. The number of fused-ring (bicyclic) bond motifs is 5. The maximum Gasteiger partial charge on any atom is 0.165 e. The zero-order chi connectivity index (χ0) is 30.8. The van der Waals surface area contributed by atoms with Crippen molar-refractivity contribution in [3.8, 4) is 11.5 Å². The second kappa shape index (κ2) is 9.78. The molecule has 236 valence electrons. The van der Waals surface area contributed by atoms with Crippen LogP contribution in [-0.2, 0) is 21.4 Å². The van der Waals surface area contributed by atoms with Crippen LogP contribution in [0.2, 0.25) is 0 Å². The number of carbonyl (C=O) groups is 2. The molecule has 3 saturated carbocycles. The van der Waals surface area contributed by atoms with E-state index in [0.29, 0.717) is 35.2 Å². The van der Waals surface area contributed by atoms with E-state index >= 15 is 0 Å². The molecule has 2 heterocycles. The molecule has 44 heavy (non-hydrogen) atoms. The lowest BCUT2D eigenvalue weighted by Gasteiger charge is -2.58. The highest BCUT2D eigenvalue weighted by Crippen LogP contribution is 2.67. The van der Waals surface area contributed by atoms with Gasteiger partial charge in [-0.05, 0) is 125 Å². The number of carbonyl (C=O) groups excluding carboxylic acids is 2. The van der Waals surface area contributed by atoms with Gasteiger partial charge in [-0.15, -0.1) is 0 Å². The molecule has 6 aliphatic carbocycles. The summed E-state index contributed by atoms with van der Waals surface area (Å²) in [4.78, 5) is 26.4. The van der Waals surface area contributed by atoms with E-state index in [1.54, 1.807) is 13.0 Å². The van der Waals surface area contributed by atoms with Gasteiger partial charge in [-0.25, -0.2) is 0 Å². The monoisotopic (exact) mass is 599 g/mol. The Balaban J connectivity index is 0.000000132. The van der Waals surface area contributed by atoms with E-state index in [1.165, 1.54) is 42.4 Å². The van der Waals surface area contributed by atoms with Gasteiger partial charge in [0.05, 0.1) is 0 Å². The summed E-state index contributed by atoms with van der Waals surface area (Å²) >= 11 is 0. The number of ether oxygens (including phenoxy) is 1. The number of phenolic OH excluding ortho intramolecular Hbond substituents is 1. The maximum absolute atomic E-state index is 12.1. The van der Waals surface area contributed by atoms with Gasteiger partial charge in [0.25, 0.3) is 0 Å². The first-order valence-corrected chi connectivity index (χ1v) is 17.3. The van der Waals surface area contributed by atoms with Gasteiger partial charge in [-0.1, -0.05) is 37.6 Å². The van der Waals surface area contributed by atoms with Gasteiger partial charge < -0.3 is 19.8 Å². The molecule has 8 aliphatic rings. The van der Waals surface area contributed by atoms with Gasteiger partial charge >= 0.3 is 0 Å². The van der Waals surface area contributed by atoms with Crippen LogP contribution >= 0.6 is 0 Å². The van der Waals surface area contributed by atoms with Gasteiger partial charge in [0.15, 0.2) is 17.3 Å². The molecule has 1 spiro atoms. The summed E-state index contributed by atoms with van der Waals surface area (Å²) in [5.41, 5.74) is 4.24. The smallest absolute Gasteiger partial charge is 0.165 e. The third kappa shape index (κ3) is 3.73. The quantitative estimate of drug-likeness (QED) is 0.390. The molecule has 2 aliphatic heterocycles. The number of likely N-dealkylation sites (N-methyl/N-ethyl adjacent to an activating group) is 1. The maximum atomic E-state index is 12.1. The predicted octanol–water partition coefficient (Wildman–Crippen LogP) is 5.92. The molecule has 1 aromatic carbocycles. The van der Waals surface area contributed by atoms with Crippen LogP contribution in [0.25, 0.3) is 0 Å². The number of hydrogen-bond acceptors (Lipinski definition) is 6. The van der Waals surface area contributed by atoms with Crippen molar-refractivity contribution in [2.45, 2.75) is 109 Å². The molecule has 2 bridgehead atoms. The number of aromatic hydroxyl groups is 1. The number of aliphatic hydroxyl groups excluding tert-OH is 1. The Hall–Kier alpha value is -2.44. The fourth-order valence-electron chi connectivity index (χ4n) is 12.5. The Morgan fingerprint density at radius 1 is 1.02 bits per heavy atom. The topological polar surface area (TPSA) is 87.1 Å². The predicted molar refractivity (Wildman–Crippen MR) is 168 cm³/mol. The molecule has 4 fully saturated rings. The molecule has 1 saturated heterocycles. The summed E-state index contributed by atoms with van der Waals surface area (Å²) in [5.74, 6) is 4.48. The molecule has 0 radical (unpaired) electrons. The van der Waals surface area contributed by atoms with Crippen molar-refractivity contribution in [1.82, 2.24) is 4.90 Å². The molecule has 0 aromatic heterocycles. The van der Waals surface area contributed by atoms with Crippen LogP contribution in [0.4, 0.5) is 0 Å². The molecule has 6 nitrogen and oxygen atoms in total. The van der Waals surface area contributed by atoms with Crippen molar-refractivity contribution < 1.29 is 24.5 Å². The lowest BCUT2D eigenvalue weighted by atomic mass is 9.47. The molecule has 0 amide bonds. The van der Waals surface area contributed by atoms with Crippen LogP contribution in [0, 0.1) is 40.4 Å². The number of ketones is 2. The molecule has 0 unspecified atom stereocenters. The van der Waals surface area contributed by atoms with E-state index in [4.69, 9.17) is 4.74 Å². The summed E-state index contributed by atoms with van der Waals surface area (Å²) in [6.45, 7) is 7.66. The summed E-state index contributed by atoms with van der Waals surface area (Å²) in [6, 6.07) is 4.23. The Morgan fingerprint density at radius 2 is 1.84 bits per heavy atom. The second-order valence-electron chi connectivity index (χ2n) is 16.2. The lowest BCUT2D eigenvalue weighted by molar-refractivity contribution is -0.128. The van der Waals surface area contributed by atoms with E-state index in [9.17, 15) is 19.8 Å². The summed E-state index contributed by atoms with van der Waals surface area (Å²) < 4.78 is 6.09. The highest BCUT2D eigenvalue weighted by Gasteiger charge is 2.64. The second-order valence-corrected chi connectivity index (χ2v) is 16.2. The fourth-order valence-corrected chi connectivity index (χ4v) is 12.5. The summed E-state index contributed by atoms with van der Waals surface area (Å²) in [7, 11) is 2.19. The third-order valence-corrected chi connectivity index (χ3v) is 14.6. The minimum absolute atomic E-state index is 0.160. The molecule has 1 aromatic rings. The van der Waals surface area contributed by atoms with Gasteiger partial charge in [-0.3, -0.25) is 9.59 Å². The average molecular weight is 600 g/mol. The average Bonchev–Trinajstić information content (AvgIpc) is 3.54. The number of Topliss-reactive ketones (excluding diaryl/α,β-unsaturated/α-hetero) is 1. The van der Waals surface area contributed by atoms with Crippen LogP contribution in [0.1, 0.15) is 89.7 Å². The van der Waals surface area contributed by atoms with Gasteiger partial charge in [0, 0.05) is 35.3 Å². The minimum Gasteiger partial charge on any atom is -0.504 e. The SMILES string of the molecule is CC(=O)[C@H]1CC[C@H]2[C@@H]3CCC4=CC(=O)CC[C@]4(C)[C@H]3CC[C@]12C.CN1CC[C@]23c4c5ccc(O)c4O[C@H]2[C@@H](O)C=C[C@H]3[C@H]1C5. The first-order chi connectivity index (χ1) is 21.0. The highest BCUT2D eigenvalue weighted by atomic mass is 16.5. The van der Waals surface area contributed by atoms with Crippen molar-refractivity contribution in [2.75, 3.05) is 13.6 Å².